The number of carbonyl (C=O) groups is 2. The summed E-state index contributed by atoms with van der Waals surface area (Å²) in [4.78, 5) is 36.8. The first-order valence-corrected chi connectivity index (χ1v) is 8.35. The number of nitrogens with zero attached hydrogens (tertiary/aromatic N) is 2. The highest BCUT2D eigenvalue weighted by molar-refractivity contribution is 6.30. The Bertz CT molecular complexity index is 931. The molecule has 27 heavy (non-hydrogen) atoms. The molecular weight excluding hydrogens is 374 g/mol. The van der Waals surface area contributed by atoms with Gasteiger partial charge in [0.1, 0.15) is 11.3 Å². The third-order valence-corrected chi connectivity index (χ3v) is 4.74. The Morgan fingerprint density at radius 1 is 1.22 bits per heavy atom. The molecule has 1 heterocycles. The predicted octanol–water partition coefficient (Wildman–Crippen LogP) is 3.22. The number of hydrogen-bond donors (Lipinski definition) is 1. The highest BCUT2D eigenvalue weighted by atomic mass is 35.5. The van der Waals surface area contributed by atoms with Crippen LogP contribution in [0, 0.1) is 10.1 Å². The quantitative estimate of drug-likeness (QED) is 0.480. The average Bonchev–Trinajstić information content (AvgIpc) is 2.86. The number of amides is 3. The van der Waals surface area contributed by atoms with E-state index in [0.29, 0.717) is 21.9 Å². The number of ether oxygens (including phenoxy) is 1. The highest BCUT2D eigenvalue weighted by Crippen LogP contribution is 2.32. The molecule has 0 aromatic heterocycles. The van der Waals surface area contributed by atoms with Crippen LogP contribution in [0.25, 0.3) is 0 Å². The van der Waals surface area contributed by atoms with Crippen molar-refractivity contribution < 1.29 is 19.2 Å². The summed E-state index contributed by atoms with van der Waals surface area (Å²) in [5.41, 5.74) is -0.383. The molecule has 1 aliphatic rings. The normalized spacial score (nSPS) is 19.1. The van der Waals surface area contributed by atoms with Gasteiger partial charge in [0.05, 0.1) is 18.6 Å². The fraction of sp³-hybridized carbons (Fsp3) is 0.222. The SMILES string of the molecule is COc1ccc(Cl)cc1CN1C(=O)NC(C)(c2ccc([N+](=O)[O-])cc2)C1=O. The molecule has 3 rings (SSSR count). The van der Waals surface area contributed by atoms with Crippen LogP contribution in [0.1, 0.15) is 18.1 Å². The van der Waals surface area contributed by atoms with E-state index in [1.165, 1.54) is 31.4 Å². The van der Waals surface area contributed by atoms with E-state index in [1.54, 1.807) is 25.1 Å². The monoisotopic (exact) mass is 389 g/mol. The molecule has 0 aliphatic carbocycles. The Morgan fingerprint density at radius 3 is 2.48 bits per heavy atom. The number of halogens is 1. The van der Waals surface area contributed by atoms with E-state index in [-0.39, 0.29) is 12.2 Å². The van der Waals surface area contributed by atoms with Crippen molar-refractivity contribution >= 4 is 29.2 Å². The summed E-state index contributed by atoms with van der Waals surface area (Å²) in [6.07, 6.45) is 0. The molecule has 140 valence electrons. The van der Waals surface area contributed by atoms with E-state index < -0.39 is 22.4 Å². The first-order valence-electron chi connectivity index (χ1n) is 7.97. The Labute approximate surface area is 159 Å². The first-order chi connectivity index (χ1) is 12.8. The van der Waals surface area contributed by atoms with Crippen LogP contribution in [0.4, 0.5) is 10.5 Å². The van der Waals surface area contributed by atoms with Crippen molar-refractivity contribution in [1.82, 2.24) is 10.2 Å². The van der Waals surface area contributed by atoms with Crippen LogP contribution in [0.3, 0.4) is 0 Å². The molecule has 1 N–H and O–H groups in total. The fourth-order valence-electron chi connectivity index (χ4n) is 2.99. The minimum Gasteiger partial charge on any atom is -0.496 e. The smallest absolute Gasteiger partial charge is 0.325 e. The predicted molar refractivity (Wildman–Crippen MR) is 97.5 cm³/mol. The van der Waals surface area contributed by atoms with Crippen LogP contribution >= 0.6 is 11.6 Å². The minimum absolute atomic E-state index is 0.0169. The van der Waals surface area contributed by atoms with Crippen LogP contribution in [-0.2, 0) is 16.9 Å². The summed E-state index contributed by atoms with van der Waals surface area (Å²) >= 11 is 6.01. The Hall–Kier alpha value is -3.13. The van der Waals surface area contributed by atoms with E-state index in [2.05, 4.69) is 5.32 Å². The zero-order chi connectivity index (χ0) is 19.8. The van der Waals surface area contributed by atoms with Gasteiger partial charge in [-0.3, -0.25) is 19.8 Å². The molecule has 0 spiro atoms. The lowest BCUT2D eigenvalue weighted by Crippen LogP contribution is -2.40. The lowest BCUT2D eigenvalue weighted by molar-refractivity contribution is -0.384. The fourth-order valence-corrected chi connectivity index (χ4v) is 3.19. The summed E-state index contributed by atoms with van der Waals surface area (Å²) in [6.45, 7) is 1.54. The molecule has 1 atom stereocenters. The second kappa shape index (κ2) is 6.88. The minimum atomic E-state index is -1.32. The summed E-state index contributed by atoms with van der Waals surface area (Å²) in [7, 11) is 1.49. The van der Waals surface area contributed by atoms with Gasteiger partial charge in [0.2, 0.25) is 0 Å². The van der Waals surface area contributed by atoms with E-state index >= 15 is 0 Å². The standard InChI is InChI=1S/C18H16ClN3O5/c1-18(12-3-6-14(7-4-12)22(25)26)16(23)21(17(24)20-18)10-11-9-13(19)5-8-15(11)27-2/h3-9H,10H2,1-2H3,(H,20,24). The maximum Gasteiger partial charge on any atom is 0.325 e. The van der Waals surface area contributed by atoms with Crippen molar-refractivity contribution in [3.8, 4) is 5.75 Å². The van der Waals surface area contributed by atoms with Crippen molar-refractivity contribution in [3.05, 3.63) is 68.7 Å². The van der Waals surface area contributed by atoms with Gasteiger partial charge in [0.25, 0.3) is 11.6 Å². The maximum atomic E-state index is 13.0. The van der Waals surface area contributed by atoms with Crippen LogP contribution in [-0.4, -0.2) is 28.9 Å². The van der Waals surface area contributed by atoms with E-state index in [1.807, 2.05) is 0 Å². The Balaban J connectivity index is 1.90. The number of carbonyl (C=O) groups excluding carboxylic acids is 2. The molecular formula is C18H16ClN3O5. The number of methoxy groups -OCH3 is 1. The molecule has 2 aromatic carbocycles. The molecule has 1 unspecified atom stereocenters. The van der Waals surface area contributed by atoms with Gasteiger partial charge in [-0.1, -0.05) is 11.6 Å². The zero-order valence-corrected chi connectivity index (χ0v) is 15.3. The van der Waals surface area contributed by atoms with Gasteiger partial charge in [-0.15, -0.1) is 0 Å². The second-order valence-corrected chi connectivity index (χ2v) is 6.64. The molecule has 1 saturated heterocycles. The van der Waals surface area contributed by atoms with Crippen molar-refractivity contribution in [2.24, 2.45) is 0 Å². The van der Waals surface area contributed by atoms with E-state index in [9.17, 15) is 19.7 Å². The van der Waals surface area contributed by atoms with Gasteiger partial charge in [-0.2, -0.15) is 0 Å². The number of benzene rings is 2. The maximum absolute atomic E-state index is 13.0. The molecule has 2 aromatic rings. The molecule has 8 nitrogen and oxygen atoms in total. The van der Waals surface area contributed by atoms with Crippen molar-refractivity contribution in [2.45, 2.75) is 19.0 Å². The number of urea groups is 1. The molecule has 3 amide bonds. The van der Waals surface area contributed by atoms with Gasteiger partial charge in [0, 0.05) is 22.7 Å². The topological polar surface area (TPSA) is 102 Å². The van der Waals surface area contributed by atoms with Crippen molar-refractivity contribution in [1.29, 1.82) is 0 Å². The second-order valence-electron chi connectivity index (χ2n) is 6.21. The Kier molecular flexibility index (Phi) is 4.75. The number of nitrogens with one attached hydrogen (secondary N) is 1. The highest BCUT2D eigenvalue weighted by Gasteiger charge is 2.49. The van der Waals surface area contributed by atoms with Gasteiger partial charge in [0.15, 0.2) is 0 Å². The van der Waals surface area contributed by atoms with Crippen molar-refractivity contribution in [3.63, 3.8) is 0 Å². The summed E-state index contributed by atoms with van der Waals surface area (Å²) < 4.78 is 5.26. The van der Waals surface area contributed by atoms with Crippen LogP contribution in [0.2, 0.25) is 5.02 Å². The summed E-state index contributed by atoms with van der Waals surface area (Å²) in [5, 5.41) is 13.9. The number of nitro groups is 1. The molecule has 0 saturated carbocycles. The molecule has 9 heteroatoms. The molecule has 1 fully saturated rings. The first kappa shape index (κ1) is 18.7. The largest absolute Gasteiger partial charge is 0.496 e. The van der Waals surface area contributed by atoms with E-state index in [4.69, 9.17) is 16.3 Å². The number of imide groups is 1. The van der Waals surface area contributed by atoms with Gasteiger partial charge >= 0.3 is 6.03 Å². The number of rotatable bonds is 5. The number of hydrogen-bond acceptors (Lipinski definition) is 5. The Morgan fingerprint density at radius 2 is 1.89 bits per heavy atom. The molecule has 1 aliphatic heterocycles. The lowest BCUT2D eigenvalue weighted by atomic mass is 9.92. The van der Waals surface area contributed by atoms with E-state index in [0.717, 1.165) is 4.90 Å². The summed E-state index contributed by atoms with van der Waals surface area (Å²) in [5.74, 6) is 0.0346. The lowest BCUT2D eigenvalue weighted by Gasteiger charge is -2.22. The van der Waals surface area contributed by atoms with Gasteiger partial charge < -0.3 is 10.1 Å². The van der Waals surface area contributed by atoms with Crippen LogP contribution in [0.5, 0.6) is 5.75 Å². The van der Waals surface area contributed by atoms with Crippen molar-refractivity contribution in [2.75, 3.05) is 7.11 Å². The molecule has 0 bridgehead atoms. The molecule has 0 radical (unpaired) electrons. The van der Waals surface area contributed by atoms with Gasteiger partial charge in [-0.25, -0.2) is 4.79 Å². The third kappa shape index (κ3) is 3.31. The third-order valence-electron chi connectivity index (χ3n) is 4.50. The number of nitro benzene ring substituents is 1. The number of non-ortho nitro benzene ring substituents is 1. The van der Waals surface area contributed by atoms with Gasteiger partial charge in [-0.05, 0) is 42.8 Å². The summed E-state index contributed by atoms with van der Waals surface area (Å²) in [6, 6.07) is 9.87. The van der Waals surface area contributed by atoms with Crippen LogP contribution in [0.15, 0.2) is 42.5 Å². The average molecular weight is 390 g/mol. The van der Waals surface area contributed by atoms with Crippen LogP contribution < -0.4 is 10.1 Å². The zero-order valence-electron chi connectivity index (χ0n) is 14.6.